The molecule has 1 aromatic rings. The maximum Gasteiger partial charge on any atom is 0.161 e. The fraction of sp³-hybridized carbons (Fsp3) is 0.533. The highest BCUT2D eigenvalue weighted by atomic mass is 16.6. The van der Waals surface area contributed by atoms with Crippen LogP contribution in [-0.2, 0) is 4.74 Å². The molecule has 0 radical (unpaired) electrons. The maximum atomic E-state index is 10.7. The zero-order valence-electron chi connectivity index (χ0n) is 12.0. The third-order valence-corrected chi connectivity index (χ3v) is 2.77. The number of ether oxygens (including phenoxy) is 3. The Hall–Kier alpha value is -1.59. The van der Waals surface area contributed by atoms with E-state index in [1.54, 1.807) is 18.2 Å². The predicted molar refractivity (Wildman–Crippen MR) is 75.6 cm³/mol. The number of hydrogen-bond donors (Lipinski definition) is 1. The van der Waals surface area contributed by atoms with Gasteiger partial charge in [0.25, 0.3) is 0 Å². The Balaban J connectivity index is 2.62. The Morgan fingerprint density at radius 1 is 1.35 bits per heavy atom. The maximum absolute atomic E-state index is 10.7. The summed E-state index contributed by atoms with van der Waals surface area (Å²) in [4.78, 5) is 10.7. The molecule has 5 heteroatoms. The topological polar surface area (TPSA) is 65.0 Å². The van der Waals surface area contributed by atoms with Crippen molar-refractivity contribution in [2.75, 3.05) is 26.9 Å². The van der Waals surface area contributed by atoms with Crippen LogP contribution in [0.3, 0.4) is 0 Å². The van der Waals surface area contributed by atoms with Crippen LogP contribution >= 0.6 is 0 Å². The molecule has 0 spiro atoms. The summed E-state index contributed by atoms with van der Waals surface area (Å²) >= 11 is 0. The molecular formula is C15H22O5. The fourth-order valence-corrected chi connectivity index (χ4v) is 1.62. The predicted octanol–water partition coefficient (Wildman–Crippen LogP) is 2.06. The lowest BCUT2D eigenvalue weighted by Crippen LogP contribution is -2.27. The fourth-order valence-electron chi connectivity index (χ4n) is 1.62. The van der Waals surface area contributed by atoms with Gasteiger partial charge in [0.1, 0.15) is 12.4 Å². The number of rotatable bonds is 10. The molecular weight excluding hydrogens is 260 g/mol. The normalized spacial score (nSPS) is 11.9. The van der Waals surface area contributed by atoms with Gasteiger partial charge in [0.05, 0.1) is 20.3 Å². The molecule has 0 aromatic heterocycles. The van der Waals surface area contributed by atoms with Crippen molar-refractivity contribution in [3.8, 4) is 11.5 Å². The summed E-state index contributed by atoms with van der Waals surface area (Å²) in [6.45, 7) is 2.90. The van der Waals surface area contributed by atoms with Crippen molar-refractivity contribution in [2.24, 2.45) is 0 Å². The SMILES string of the molecule is CCCCOCC(CO)Oc1ccc(C=O)cc1OC. The molecule has 1 atom stereocenters. The van der Waals surface area contributed by atoms with Gasteiger partial charge < -0.3 is 19.3 Å². The van der Waals surface area contributed by atoms with Gasteiger partial charge in [-0.1, -0.05) is 13.3 Å². The van der Waals surface area contributed by atoms with E-state index >= 15 is 0 Å². The van der Waals surface area contributed by atoms with Gasteiger partial charge in [0.15, 0.2) is 11.5 Å². The van der Waals surface area contributed by atoms with Crippen LogP contribution in [0.25, 0.3) is 0 Å². The van der Waals surface area contributed by atoms with Gasteiger partial charge >= 0.3 is 0 Å². The summed E-state index contributed by atoms with van der Waals surface area (Å²) in [5.74, 6) is 0.942. The van der Waals surface area contributed by atoms with E-state index in [1.807, 2.05) is 0 Å². The Labute approximate surface area is 119 Å². The lowest BCUT2D eigenvalue weighted by molar-refractivity contribution is 0.0181. The number of carbonyl (C=O) groups is 1. The molecule has 0 heterocycles. The summed E-state index contributed by atoms with van der Waals surface area (Å²) in [7, 11) is 1.50. The van der Waals surface area contributed by atoms with Gasteiger partial charge in [-0.05, 0) is 24.6 Å². The molecule has 0 fully saturated rings. The van der Waals surface area contributed by atoms with E-state index in [1.165, 1.54) is 7.11 Å². The van der Waals surface area contributed by atoms with E-state index < -0.39 is 6.10 Å². The van der Waals surface area contributed by atoms with Crippen molar-refractivity contribution < 1.29 is 24.1 Å². The molecule has 0 amide bonds. The zero-order valence-corrected chi connectivity index (χ0v) is 12.0. The van der Waals surface area contributed by atoms with Gasteiger partial charge in [-0.3, -0.25) is 4.79 Å². The Morgan fingerprint density at radius 2 is 2.15 bits per heavy atom. The molecule has 5 nitrogen and oxygen atoms in total. The van der Waals surface area contributed by atoms with E-state index in [0.717, 1.165) is 19.1 Å². The Bertz CT molecular complexity index is 405. The standard InChI is InChI=1S/C15H22O5/c1-3-4-7-19-11-13(10-17)20-14-6-5-12(9-16)8-15(14)18-2/h5-6,8-9,13,17H,3-4,7,10-11H2,1-2H3. The average molecular weight is 282 g/mol. The van der Waals surface area contributed by atoms with Crippen molar-refractivity contribution in [3.63, 3.8) is 0 Å². The number of aliphatic hydroxyl groups is 1. The van der Waals surface area contributed by atoms with Crippen LogP contribution in [0.15, 0.2) is 18.2 Å². The third kappa shape index (κ3) is 5.19. The molecule has 0 aliphatic carbocycles. The van der Waals surface area contributed by atoms with Crippen molar-refractivity contribution in [3.05, 3.63) is 23.8 Å². The lowest BCUT2D eigenvalue weighted by Gasteiger charge is -2.19. The summed E-state index contributed by atoms with van der Waals surface area (Å²) in [6.07, 6.45) is 2.33. The van der Waals surface area contributed by atoms with Gasteiger partial charge in [-0.2, -0.15) is 0 Å². The number of unbranched alkanes of at least 4 members (excludes halogenated alkanes) is 1. The van der Waals surface area contributed by atoms with Gasteiger partial charge in [0.2, 0.25) is 0 Å². The van der Waals surface area contributed by atoms with Crippen LogP contribution in [0.1, 0.15) is 30.1 Å². The molecule has 1 rings (SSSR count). The smallest absolute Gasteiger partial charge is 0.161 e. The van der Waals surface area contributed by atoms with Crippen LogP contribution in [0, 0.1) is 0 Å². The molecule has 20 heavy (non-hydrogen) atoms. The molecule has 1 aromatic carbocycles. The number of hydrogen-bond acceptors (Lipinski definition) is 5. The number of aldehydes is 1. The summed E-state index contributed by atoms with van der Waals surface area (Å²) < 4.78 is 16.3. The van der Waals surface area contributed by atoms with Gasteiger partial charge in [-0.15, -0.1) is 0 Å². The van der Waals surface area contributed by atoms with E-state index in [9.17, 15) is 9.90 Å². The molecule has 0 bridgehead atoms. The largest absolute Gasteiger partial charge is 0.493 e. The molecule has 0 aliphatic heterocycles. The zero-order chi connectivity index (χ0) is 14.8. The molecule has 1 N–H and O–H groups in total. The first-order chi connectivity index (χ1) is 9.74. The highest BCUT2D eigenvalue weighted by molar-refractivity contribution is 5.76. The highest BCUT2D eigenvalue weighted by Gasteiger charge is 2.13. The van der Waals surface area contributed by atoms with E-state index in [0.29, 0.717) is 30.3 Å². The minimum atomic E-state index is -0.456. The Morgan fingerprint density at radius 3 is 2.75 bits per heavy atom. The first-order valence-electron chi connectivity index (χ1n) is 6.73. The number of benzene rings is 1. The lowest BCUT2D eigenvalue weighted by atomic mass is 10.2. The van der Waals surface area contributed by atoms with E-state index in [-0.39, 0.29) is 6.61 Å². The first-order valence-corrected chi connectivity index (χ1v) is 6.73. The molecule has 0 aliphatic rings. The summed E-state index contributed by atoms with van der Waals surface area (Å²) in [5.41, 5.74) is 0.508. The molecule has 1 unspecified atom stereocenters. The second-order valence-electron chi connectivity index (χ2n) is 4.38. The van der Waals surface area contributed by atoms with Crippen molar-refractivity contribution >= 4 is 6.29 Å². The van der Waals surface area contributed by atoms with Crippen LogP contribution in [0.5, 0.6) is 11.5 Å². The number of methoxy groups -OCH3 is 1. The minimum Gasteiger partial charge on any atom is -0.493 e. The van der Waals surface area contributed by atoms with Crippen LogP contribution < -0.4 is 9.47 Å². The van der Waals surface area contributed by atoms with Crippen molar-refractivity contribution in [1.29, 1.82) is 0 Å². The van der Waals surface area contributed by atoms with Crippen LogP contribution in [0.2, 0.25) is 0 Å². The third-order valence-electron chi connectivity index (χ3n) is 2.77. The van der Waals surface area contributed by atoms with Gasteiger partial charge in [-0.25, -0.2) is 0 Å². The van der Waals surface area contributed by atoms with Crippen LogP contribution in [0.4, 0.5) is 0 Å². The average Bonchev–Trinajstić information content (AvgIpc) is 2.50. The molecule has 0 saturated carbocycles. The number of carbonyl (C=O) groups excluding carboxylic acids is 1. The monoisotopic (exact) mass is 282 g/mol. The van der Waals surface area contributed by atoms with E-state index in [4.69, 9.17) is 14.2 Å². The van der Waals surface area contributed by atoms with E-state index in [2.05, 4.69) is 6.92 Å². The summed E-state index contributed by atoms with van der Waals surface area (Å²) in [5, 5.41) is 9.31. The first kappa shape index (κ1) is 16.5. The second-order valence-corrected chi connectivity index (χ2v) is 4.38. The minimum absolute atomic E-state index is 0.148. The molecule has 0 saturated heterocycles. The van der Waals surface area contributed by atoms with Crippen molar-refractivity contribution in [2.45, 2.75) is 25.9 Å². The van der Waals surface area contributed by atoms with Crippen molar-refractivity contribution in [1.82, 2.24) is 0 Å². The number of aliphatic hydroxyl groups excluding tert-OH is 1. The second kappa shape index (κ2) is 9.34. The highest BCUT2D eigenvalue weighted by Crippen LogP contribution is 2.28. The quantitative estimate of drug-likeness (QED) is 0.525. The summed E-state index contributed by atoms with van der Waals surface area (Å²) in [6, 6.07) is 4.88. The molecule has 112 valence electrons. The Kier molecular flexibility index (Phi) is 7.69. The van der Waals surface area contributed by atoms with Crippen LogP contribution in [-0.4, -0.2) is 44.4 Å². The van der Waals surface area contributed by atoms with Gasteiger partial charge in [0, 0.05) is 12.2 Å².